The third-order valence-corrected chi connectivity index (χ3v) is 5.58. The van der Waals surface area contributed by atoms with Crippen LogP contribution in [0.15, 0.2) is 29.1 Å². The first-order valence-electron chi connectivity index (χ1n) is 11.7. The summed E-state index contributed by atoms with van der Waals surface area (Å²) < 4.78 is 31.6. The van der Waals surface area contributed by atoms with Gasteiger partial charge in [0.1, 0.15) is 0 Å². The van der Waals surface area contributed by atoms with Crippen molar-refractivity contribution in [3.63, 3.8) is 0 Å². The molecule has 0 saturated heterocycles. The zero-order chi connectivity index (χ0) is 27.1. The molecule has 11 nitrogen and oxygen atoms in total. The van der Waals surface area contributed by atoms with Crippen molar-refractivity contribution in [3.05, 3.63) is 45.6 Å². The van der Waals surface area contributed by atoms with Crippen molar-refractivity contribution >= 4 is 18.2 Å². The zero-order valence-corrected chi connectivity index (χ0v) is 21.3. The molecule has 1 aliphatic rings. The van der Waals surface area contributed by atoms with Gasteiger partial charge in [0.05, 0.1) is 33.5 Å². The number of fused-ring (bicyclic) bond motifs is 3. The lowest BCUT2D eigenvalue weighted by Crippen LogP contribution is -2.26. The number of carbonyl (C=O) groups is 3. The molecule has 1 aliphatic carbocycles. The van der Waals surface area contributed by atoms with Crippen molar-refractivity contribution in [2.75, 3.05) is 27.4 Å². The lowest BCUT2D eigenvalue weighted by Gasteiger charge is -2.20. The summed E-state index contributed by atoms with van der Waals surface area (Å²) in [5, 5.41) is 2.88. The van der Waals surface area contributed by atoms with Crippen LogP contribution in [0.5, 0.6) is 23.0 Å². The van der Waals surface area contributed by atoms with Gasteiger partial charge in [-0.3, -0.25) is 9.59 Å². The number of methoxy groups -OCH3 is 2. The van der Waals surface area contributed by atoms with Crippen molar-refractivity contribution in [2.45, 2.75) is 39.7 Å². The molecule has 2 aromatic rings. The summed E-state index contributed by atoms with van der Waals surface area (Å²) in [7, 11) is 2.74. The molecule has 1 unspecified atom stereocenters. The average Bonchev–Trinajstić information content (AvgIpc) is 3.09. The van der Waals surface area contributed by atoms with Crippen molar-refractivity contribution in [1.82, 2.24) is 5.32 Å². The fourth-order valence-electron chi connectivity index (χ4n) is 4.13. The number of ether oxygens (including phenoxy) is 6. The van der Waals surface area contributed by atoms with Crippen LogP contribution in [0.4, 0.5) is 9.59 Å². The van der Waals surface area contributed by atoms with E-state index in [0.717, 1.165) is 0 Å². The Morgan fingerprint density at radius 2 is 1.54 bits per heavy atom. The first-order valence-corrected chi connectivity index (χ1v) is 11.7. The van der Waals surface area contributed by atoms with E-state index < -0.39 is 23.8 Å². The number of benzene rings is 1. The van der Waals surface area contributed by atoms with Crippen molar-refractivity contribution in [3.8, 4) is 34.1 Å². The van der Waals surface area contributed by atoms with Crippen LogP contribution >= 0.6 is 0 Å². The quantitative estimate of drug-likeness (QED) is 0.427. The average molecular weight is 516 g/mol. The second-order valence-corrected chi connectivity index (χ2v) is 7.91. The molecule has 0 radical (unpaired) electrons. The molecule has 3 rings (SSSR count). The Morgan fingerprint density at radius 1 is 0.919 bits per heavy atom. The Kier molecular flexibility index (Phi) is 8.94. The maximum Gasteiger partial charge on any atom is 0.514 e. The van der Waals surface area contributed by atoms with Gasteiger partial charge in [-0.25, -0.2) is 9.59 Å². The van der Waals surface area contributed by atoms with E-state index in [9.17, 15) is 19.2 Å². The van der Waals surface area contributed by atoms with Gasteiger partial charge in [-0.15, -0.1) is 0 Å². The summed E-state index contributed by atoms with van der Waals surface area (Å²) in [4.78, 5) is 49.7. The zero-order valence-electron chi connectivity index (χ0n) is 21.3. The highest BCUT2D eigenvalue weighted by atomic mass is 16.7. The molecular formula is C26H29NO10. The molecule has 1 N–H and O–H groups in total. The van der Waals surface area contributed by atoms with Crippen molar-refractivity contribution < 1.29 is 42.8 Å². The summed E-state index contributed by atoms with van der Waals surface area (Å²) in [6.07, 6.45) is -1.29. The number of nitrogens with one attached hydrogen (secondary N) is 1. The van der Waals surface area contributed by atoms with E-state index in [1.54, 1.807) is 26.0 Å². The second-order valence-electron chi connectivity index (χ2n) is 7.91. The second kappa shape index (κ2) is 12.1. The summed E-state index contributed by atoms with van der Waals surface area (Å²) in [5.41, 5.74) is 1.50. The third-order valence-electron chi connectivity index (χ3n) is 5.58. The van der Waals surface area contributed by atoms with E-state index in [2.05, 4.69) is 5.32 Å². The molecule has 1 amide bonds. The predicted molar refractivity (Wildman–Crippen MR) is 131 cm³/mol. The number of hydrogen-bond acceptors (Lipinski definition) is 10. The molecular weight excluding hydrogens is 486 g/mol. The topological polar surface area (TPSA) is 136 Å². The molecule has 1 atom stereocenters. The SMILES string of the molecule is CCOC(=O)Oc1c(OC)cc2c(c1OC(=O)OCC)-c1ccc(OC)c(=O)cc1C(NC(C)=O)CC2. The molecule has 0 heterocycles. The Balaban J connectivity index is 2.41. The molecule has 0 spiro atoms. The van der Waals surface area contributed by atoms with Crippen LogP contribution in [0.1, 0.15) is 44.4 Å². The van der Waals surface area contributed by atoms with Crippen LogP contribution in [-0.4, -0.2) is 45.7 Å². The van der Waals surface area contributed by atoms with Gasteiger partial charge in [-0.05, 0) is 61.6 Å². The van der Waals surface area contributed by atoms with Crippen molar-refractivity contribution in [1.29, 1.82) is 0 Å². The Bertz CT molecular complexity index is 1260. The summed E-state index contributed by atoms with van der Waals surface area (Å²) in [5.74, 6) is -0.492. The van der Waals surface area contributed by atoms with Gasteiger partial charge in [0.25, 0.3) is 0 Å². The lowest BCUT2D eigenvalue weighted by atomic mass is 9.95. The fourth-order valence-corrected chi connectivity index (χ4v) is 4.13. The molecule has 11 heteroatoms. The highest BCUT2D eigenvalue weighted by Crippen LogP contribution is 2.50. The maximum atomic E-state index is 12.9. The normalized spacial score (nSPS) is 13.7. The predicted octanol–water partition coefficient (Wildman–Crippen LogP) is 3.93. The molecule has 0 aromatic heterocycles. The van der Waals surface area contributed by atoms with Gasteiger partial charge in [-0.2, -0.15) is 0 Å². The smallest absolute Gasteiger partial charge is 0.493 e. The number of carbonyl (C=O) groups excluding carboxylic acids is 3. The van der Waals surface area contributed by atoms with Gasteiger partial charge < -0.3 is 33.7 Å². The first-order chi connectivity index (χ1) is 17.7. The van der Waals surface area contributed by atoms with Crippen LogP contribution in [-0.2, 0) is 20.7 Å². The van der Waals surface area contributed by atoms with Gasteiger partial charge in [0.2, 0.25) is 17.1 Å². The number of hydrogen-bond donors (Lipinski definition) is 1. The van der Waals surface area contributed by atoms with Crippen LogP contribution in [0, 0.1) is 0 Å². The maximum absolute atomic E-state index is 12.9. The number of rotatable bonds is 7. The van der Waals surface area contributed by atoms with E-state index >= 15 is 0 Å². The third kappa shape index (κ3) is 6.11. The largest absolute Gasteiger partial charge is 0.514 e. The number of amides is 1. The van der Waals surface area contributed by atoms with Crippen LogP contribution in [0.3, 0.4) is 0 Å². The summed E-state index contributed by atoms with van der Waals surface area (Å²) >= 11 is 0. The van der Waals surface area contributed by atoms with E-state index in [4.69, 9.17) is 28.4 Å². The Morgan fingerprint density at radius 3 is 2.11 bits per heavy atom. The van der Waals surface area contributed by atoms with Crippen LogP contribution in [0.2, 0.25) is 0 Å². The van der Waals surface area contributed by atoms with Gasteiger partial charge in [-0.1, -0.05) is 6.07 Å². The van der Waals surface area contributed by atoms with Gasteiger partial charge >= 0.3 is 12.3 Å². The number of aryl methyl sites for hydroxylation is 1. The van der Waals surface area contributed by atoms with Crippen LogP contribution in [0.25, 0.3) is 11.1 Å². The molecule has 0 bridgehead atoms. The molecule has 0 fully saturated rings. The van der Waals surface area contributed by atoms with Crippen LogP contribution < -0.4 is 29.7 Å². The minimum absolute atomic E-state index is 0.0337. The molecule has 0 saturated carbocycles. The minimum atomic E-state index is -1.04. The first kappa shape index (κ1) is 27.3. The van der Waals surface area contributed by atoms with E-state index in [1.165, 1.54) is 33.3 Å². The molecule has 2 aromatic carbocycles. The van der Waals surface area contributed by atoms with E-state index in [-0.39, 0.29) is 42.1 Å². The summed E-state index contributed by atoms with van der Waals surface area (Å²) in [6.45, 7) is 4.68. The van der Waals surface area contributed by atoms with E-state index in [1.807, 2.05) is 0 Å². The van der Waals surface area contributed by atoms with E-state index in [0.29, 0.717) is 35.1 Å². The van der Waals surface area contributed by atoms with Gasteiger partial charge in [0.15, 0.2) is 17.2 Å². The summed E-state index contributed by atoms with van der Waals surface area (Å²) in [6, 6.07) is 5.55. The highest BCUT2D eigenvalue weighted by Gasteiger charge is 2.32. The monoisotopic (exact) mass is 515 g/mol. The molecule has 37 heavy (non-hydrogen) atoms. The Hall–Kier alpha value is -4.28. The fraction of sp³-hybridized carbons (Fsp3) is 0.385. The Labute approximate surface area is 213 Å². The molecule has 0 aliphatic heterocycles. The minimum Gasteiger partial charge on any atom is -0.493 e. The highest BCUT2D eigenvalue weighted by molar-refractivity contribution is 5.86. The standard InChI is InChI=1S/C26H29NO10/c1-6-34-25(30)36-23-21(33-5)12-15-8-10-18(27-14(3)28)17-13-19(29)20(32-4)11-9-16(17)22(15)24(23)37-26(31)35-7-2/h9,11-13,18H,6-8,10H2,1-5H3,(H,27,28). The lowest BCUT2D eigenvalue weighted by molar-refractivity contribution is -0.119. The van der Waals surface area contributed by atoms with Gasteiger partial charge in [0, 0.05) is 12.5 Å². The van der Waals surface area contributed by atoms with Crippen molar-refractivity contribution in [2.24, 2.45) is 0 Å². The molecule has 198 valence electrons.